The van der Waals surface area contributed by atoms with Crippen molar-refractivity contribution in [2.75, 3.05) is 13.2 Å². The van der Waals surface area contributed by atoms with Crippen molar-refractivity contribution in [3.63, 3.8) is 0 Å². The molecule has 0 fully saturated rings. The van der Waals surface area contributed by atoms with Gasteiger partial charge in [0.2, 0.25) is 0 Å². The number of carbonyl (C=O) groups excluding carboxylic acids is 1. The molecule has 0 aliphatic carbocycles. The van der Waals surface area contributed by atoms with Gasteiger partial charge in [-0.25, -0.2) is 9.67 Å². The number of nitrogens with zero attached hydrogens (tertiary/aromatic N) is 3. The second-order valence-electron chi connectivity index (χ2n) is 5.21. The molecule has 2 aromatic rings. The summed E-state index contributed by atoms with van der Waals surface area (Å²) in [5.74, 6) is 0.708. The number of aliphatic hydroxyl groups is 1. The Morgan fingerprint density at radius 1 is 1.36 bits per heavy atom. The first-order valence-electron chi connectivity index (χ1n) is 7.60. The molecule has 0 bridgehead atoms. The van der Waals surface area contributed by atoms with Gasteiger partial charge in [-0.3, -0.25) is 4.79 Å². The van der Waals surface area contributed by atoms with Gasteiger partial charge in [-0.05, 0) is 37.0 Å². The van der Waals surface area contributed by atoms with Crippen LogP contribution in [0.2, 0.25) is 0 Å². The van der Waals surface area contributed by atoms with Crippen molar-refractivity contribution in [2.24, 2.45) is 5.92 Å². The van der Waals surface area contributed by atoms with Crippen LogP contribution in [0, 0.1) is 5.92 Å². The number of pyridine rings is 1. The zero-order valence-electron chi connectivity index (χ0n) is 12.8. The van der Waals surface area contributed by atoms with Gasteiger partial charge in [0.1, 0.15) is 5.69 Å². The van der Waals surface area contributed by atoms with Gasteiger partial charge < -0.3 is 10.4 Å². The highest BCUT2D eigenvalue weighted by Crippen LogP contribution is 2.10. The first-order chi connectivity index (χ1) is 10.7. The van der Waals surface area contributed by atoms with Gasteiger partial charge in [0.25, 0.3) is 5.91 Å². The van der Waals surface area contributed by atoms with E-state index in [-0.39, 0.29) is 12.5 Å². The lowest BCUT2D eigenvalue weighted by molar-refractivity contribution is 0.0938. The van der Waals surface area contributed by atoms with E-state index in [1.165, 1.54) is 0 Å². The van der Waals surface area contributed by atoms with Gasteiger partial charge in [0.05, 0.1) is 0 Å². The van der Waals surface area contributed by atoms with Crippen molar-refractivity contribution in [1.29, 1.82) is 0 Å². The van der Waals surface area contributed by atoms with Gasteiger partial charge in [-0.1, -0.05) is 19.4 Å². The summed E-state index contributed by atoms with van der Waals surface area (Å²) in [4.78, 5) is 16.5. The van der Waals surface area contributed by atoms with E-state index in [0.717, 1.165) is 12.8 Å². The maximum atomic E-state index is 12.2. The lowest BCUT2D eigenvalue weighted by Crippen LogP contribution is -2.30. The highest BCUT2D eigenvalue weighted by molar-refractivity contribution is 5.92. The molecule has 0 radical (unpaired) electrons. The van der Waals surface area contributed by atoms with Crippen LogP contribution in [0.5, 0.6) is 0 Å². The predicted octanol–water partition coefficient (Wildman–Crippen LogP) is 1.80. The first-order valence-corrected chi connectivity index (χ1v) is 7.60. The summed E-state index contributed by atoms with van der Waals surface area (Å²) >= 11 is 0. The third-order valence-corrected chi connectivity index (χ3v) is 3.49. The normalized spacial score (nSPS) is 12.1. The number of aromatic nitrogens is 3. The van der Waals surface area contributed by atoms with Crippen LogP contribution in [-0.4, -0.2) is 38.9 Å². The van der Waals surface area contributed by atoms with Crippen LogP contribution >= 0.6 is 0 Å². The smallest absolute Gasteiger partial charge is 0.269 e. The van der Waals surface area contributed by atoms with E-state index in [4.69, 9.17) is 5.11 Å². The average molecular weight is 302 g/mol. The van der Waals surface area contributed by atoms with Crippen molar-refractivity contribution in [3.05, 3.63) is 42.4 Å². The fourth-order valence-corrected chi connectivity index (χ4v) is 2.35. The molecule has 118 valence electrons. The average Bonchev–Trinajstić information content (AvgIpc) is 3.07. The summed E-state index contributed by atoms with van der Waals surface area (Å²) in [6.07, 6.45) is 6.17. The molecule has 0 spiro atoms. The van der Waals surface area contributed by atoms with Gasteiger partial charge in [0, 0.05) is 25.5 Å². The second kappa shape index (κ2) is 8.29. The van der Waals surface area contributed by atoms with Crippen LogP contribution in [0.1, 0.15) is 36.7 Å². The molecule has 2 heterocycles. The lowest BCUT2D eigenvalue weighted by atomic mass is 10.0. The topological polar surface area (TPSA) is 80.0 Å². The highest BCUT2D eigenvalue weighted by atomic mass is 16.3. The molecule has 1 atom stereocenters. The maximum Gasteiger partial charge on any atom is 0.269 e. The Kier molecular flexibility index (Phi) is 6.09. The van der Waals surface area contributed by atoms with E-state index in [1.807, 2.05) is 0 Å². The Hall–Kier alpha value is -2.21. The number of nitrogens with one attached hydrogen (secondary N) is 1. The summed E-state index contributed by atoms with van der Waals surface area (Å²) in [7, 11) is 0. The summed E-state index contributed by atoms with van der Waals surface area (Å²) in [5, 5.41) is 16.1. The standard InChI is InChI=1S/C16H22N4O2/c1-2-5-13(8-11-21)12-17-16(22)14-6-3-7-15(19-14)20-10-4-9-18-20/h3-4,6-7,9-10,13,21H,2,5,8,11-12H2,1H3,(H,17,22). The van der Waals surface area contributed by atoms with Crippen molar-refractivity contribution in [1.82, 2.24) is 20.1 Å². The minimum absolute atomic E-state index is 0.146. The summed E-state index contributed by atoms with van der Waals surface area (Å²) < 4.78 is 1.61. The minimum Gasteiger partial charge on any atom is -0.396 e. The number of amides is 1. The van der Waals surface area contributed by atoms with Crippen LogP contribution in [-0.2, 0) is 0 Å². The van der Waals surface area contributed by atoms with Crippen molar-refractivity contribution in [2.45, 2.75) is 26.2 Å². The summed E-state index contributed by atoms with van der Waals surface area (Å²) in [5.41, 5.74) is 0.368. The zero-order valence-corrected chi connectivity index (χ0v) is 12.8. The number of aliphatic hydroxyl groups excluding tert-OH is 1. The van der Waals surface area contributed by atoms with Crippen molar-refractivity contribution >= 4 is 5.91 Å². The predicted molar refractivity (Wildman–Crippen MR) is 83.8 cm³/mol. The summed E-state index contributed by atoms with van der Waals surface area (Å²) in [6, 6.07) is 7.08. The molecule has 0 saturated heterocycles. The van der Waals surface area contributed by atoms with E-state index in [2.05, 4.69) is 22.3 Å². The molecule has 6 heteroatoms. The molecule has 0 aliphatic rings. The lowest BCUT2D eigenvalue weighted by Gasteiger charge is -2.15. The molecule has 0 saturated carbocycles. The highest BCUT2D eigenvalue weighted by Gasteiger charge is 2.12. The van der Waals surface area contributed by atoms with Crippen LogP contribution in [0.15, 0.2) is 36.7 Å². The molecule has 2 rings (SSSR count). The monoisotopic (exact) mass is 302 g/mol. The Morgan fingerprint density at radius 2 is 2.23 bits per heavy atom. The van der Waals surface area contributed by atoms with E-state index in [9.17, 15) is 4.79 Å². The zero-order chi connectivity index (χ0) is 15.8. The number of hydrogen-bond acceptors (Lipinski definition) is 4. The third-order valence-electron chi connectivity index (χ3n) is 3.49. The molecule has 6 nitrogen and oxygen atoms in total. The third kappa shape index (κ3) is 4.39. The quantitative estimate of drug-likeness (QED) is 0.779. The van der Waals surface area contributed by atoms with Gasteiger partial charge in [-0.15, -0.1) is 0 Å². The number of carbonyl (C=O) groups is 1. The van der Waals surface area contributed by atoms with Crippen LogP contribution in [0.25, 0.3) is 5.82 Å². The van der Waals surface area contributed by atoms with E-state index in [0.29, 0.717) is 30.4 Å². The first kappa shape index (κ1) is 16.2. The van der Waals surface area contributed by atoms with Crippen molar-refractivity contribution < 1.29 is 9.90 Å². The van der Waals surface area contributed by atoms with Gasteiger partial charge in [0.15, 0.2) is 5.82 Å². The molecule has 0 aromatic carbocycles. The van der Waals surface area contributed by atoms with Gasteiger partial charge >= 0.3 is 0 Å². The van der Waals surface area contributed by atoms with Crippen LogP contribution in [0.3, 0.4) is 0 Å². The van der Waals surface area contributed by atoms with Gasteiger partial charge in [-0.2, -0.15) is 5.10 Å². The molecule has 0 aliphatic heterocycles. The molecule has 1 unspecified atom stereocenters. The molecular formula is C16H22N4O2. The second-order valence-corrected chi connectivity index (χ2v) is 5.21. The molecule has 1 amide bonds. The van der Waals surface area contributed by atoms with Crippen molar-refractivity contribution in [3.8, 4) is 5.82 Å². The summed E-state index contributed by atoms with van der Waals surface area (Å²) in [6.45, 7) is 2.80. The minimum atomic E-state index is -0.201. The van der Waals surface area contributed by atoms with E-state index < -0.39 is 0 Å². The SMILES string of the molecule is CCCC(CCO)CNC(=O)c1cccc(-n2cccn2)n1. The number of rotatable bonds is 8. The molecule has 2 N–H and O–H groups in total. The Balaban J connectivity index is 1.99. The Labute approximate surface area is 130 Å². The number of hydrogen-bond donors (Lipinski definition) is 2. The van der Waals surface area contributed by atoms with E-state index >= 15 is 0 Å². The molecular weight excluding hydrogens is 280 g/mol. The molecule has 2 aromatic heterocycles. The fraction of sp³-hybridized carbons (Fsp3) is 0.438. The van der Waals surface area contributed by atoms with E-state index in [1.54, 1.807) is 41.3 Å². The Bertz CT molecular complexity index is 578. The van der Waals surface area contributed by atoms with Crippen LogP contribution in [0.4, 0.5) is 0 Å². The largest absolute Gasteiger partial charge is 0.396 e. The Morgan fingerprint density at radius 3 is 2.91 bits per heavy atom. The fourth-order valence-electron chi connectivity index (χ4n) is 2.35. The van der Waals surface area contributed by atoms with Crippen LogP contribution < -0.4 is 5.32 Å². The molecule has 22 heavy (non-hydrogen) atoms. The maximum absolute atomic E-state index is 12.2.